The number of primary amides is 1. The van der Waals surface area contributed by atoms with Crippen LogP contribution in [0.15, 0.2) is 0 Å². The summed E-state index contributed by atoms with van der Waals surface area (Å²) in [5.41, 5.74) is 5.28. The fourth-order valence-corrected chi connectivity index (χ4v) is 2.17. The van der Waals surface area contributed by atoms with Gasteiger partial charge in [-0.1, -0.05) is 0 Å². The van der Waals surface area contributed by atoms with Crippen LogP contribution in [0, 0.1) is 0 Å². The molecule has 1 aliphatic rings. The molecule has 0 radical (unpaired) electrons. The molecule has 14 heavy (non-hydrogen) atoms. The molecule has 2 atom stereocenters. The van der Waals surface area contributed by atoms with E-state index >= 15 is 0 Å². The number of rotatable bonds is 5. The monoisotopic (exact) mass is 200 g/mol. The lowest BCUT2D eigenvalue weighted by Crippen LogP contribution is -2.45. The second-order valence-electron chi connectivity index (χ2n) is 3.98. The molecule has 0 aliphatic carbocycles. The van der Waals surface area contributed by atoms with Crippen molar-refractivity contribution in [2.75, 3.05) is 13.2 Å². The van der Waals surface area contributed by atoms with E-state index in [1.807, 2.05) is 6.92 Å². The average molecular weight is 200 g/mol. The molecule has 1 saturated heterocycles. The predicted molar refractivity (Wildman–Crippen MR) is 54.7 cm³/mol. The Bertz CT molecular complexity index is 197. The summed E-state index contributed by atoms with van der Waals surface area (Å²) < 4.78 is 0. The summed E-state index contributed by atoms with van der Waals surface area (Å²) >= 11 is 0. The van der Waals surface area contributed by atoms with Crippen molar-refractivity contribution in [3.05, 3.63) is 0 Å². The van der Waals surface area contributed by atoms with Crippen LogP contribution in [0.25, 0.3) is 0 Å². The van der Waals surface area contributed by atoms with Gasteiger partial charge in [-0.25, -0.2) is 0 Å². The maximum atomic E-state index is 11.0. The number of hydrogen-bond donors (Lipinski definition) is 2. The number of likely N-dealkylation sites (tertiary alicyclic amines) is 1. The van der Waals surface area contributed by atoms with E-state index < -0.39 is 0 Å². The number of nitrogens with two attached hydrogens (primary N) is 1. The van der Waals surface area contributed by atoms with Crippen molar-refractivity contribution in [3.8, 4) is 0 Å². The van der Waals surface area contributed by atoms with Gasteiger partial charge in [0.1, 0.15) is 0 Å². The minimum atomic E-state index is -0.249. The first-order valence-electron chi connectivity index (χ1n) is 5.32. The number of amides is 1. The van der Waals surface area contributed by atoms with Crippen LogP contribution in [0.3, 0.4) is 0 Å². The van der Waals surface area contributed by atoms with Gasteiger partial charge in [-0.3, -0.25) is 9.69 Å². The maximum absolute atomic E-state index is 11.0. The number of aliphatic hydroxyl groups is 1. The fourth-order valence-electron chi connectivity index (χ4n) is 2.17. The molecule has 1 amide bonds. The molecule has 1 fully saturated rings. The SMILES string of the molecule is CC(C(N)=O)N1CCCC1CCCO. The Labute approximate surface area is 85.1 Å². The van der Waals surface area contributed by atoms with Gasteiger partial charge in [0.2, 0.25) is 5.91 Å². The number of aliphatic hydroxyl groups excluding tert-OH is 1. The molecule has 3 N–H and O–H groups in total. The Morgan fingerprint density at radius 2 is 2.43 bits per heavy atom. The molecule has 0 aromatic rings. The van der Waals surface area contributed by atoms with Crippen LogP contribution in [0.5, 0.6) is 0 Å². The van der Waals surface area contributed by atoms with E-state index in [0.717, 1.165) is 32.2 Å². The summed E-state index contributed by atoms with van der Waals surface area (Å²) in [6.45, 7) is 3.05. The van der Waals surface area contributed by atoms with E-state index in [2.05, 4.69) is 4.90 Å². The highest BCUT2D eigenvalue weighted by Gasteiger charge is 2.30. The summed E-state index contributed by atoms with van der Waals surface area (Å²) in [7, 11) is 0. The third kappa shape index (κ3) is 2.69. The number of nitrogens with zero attached hydrogens (tertiary/aromatic N) is 1. The molecule has 2 unspecified atom stereocenters. The molecule has 0 bridgehead atoms. The van der Waals surface area contributed by atoms with Gasteiger partial charge >= 0.3 is 0 Å². The van der Waals surface area contributed by atoms with Gasteiger partial charge in [-0.05, 0) is 39.2 Å². The van der Waals surface area contributed by atoms with Crippen LogP contribution >= 0.6 is 0 Å². The zero-order valence-corrected chi connectivity index (χ0v) is 8.78. The number of carbonyl (C=O) groups is 1. The first kappa shape index (κ1) is 11.5. The Hall–Kier alpha value is -0.610. The smallest absolute Gasteiger partial charge is 0.234 e. The van der Waals surface area contributed by atoms with Crippen molar-refractivity contribution in [3.63, 3.8) is 0 Å². The standard InChI is InChI=1S/C10H20N2O2/c1-8(10(11)14)12-6-2-4-9(12)5-3-7-13/h8-9,13H,2-7H2,1H3,(H2,11,14). The van der Waals surface area contributed by atoms with E-state index in [-0.39, 0.29) is 18.6 Å². The van der Waals surface area contributed by atoms with Crippen molar-refractivity contribution in [1.29, 1.82) is 0 Å². The first-order chi connectivity index (χ1) is 6.66. The van der Waals surface area contributed by atoms with Crippen LogP contribution in [-0.2, 0) is 4.79 Å². The van der Waals surface area contributed by atoms with Crippen molar-refractivity contribution in [2.24, 2.45) is 5.73 Å². The molecule has 0 spiro atoms. The quantitative estimate of drug-likeness (QED) is 0.661. The number of hydrogen-bond acceptors (Lipinski definition) is 3. The minimum Gasteiger partial charge on any atom is -0.396 e. The largest absolute Gasteiger partial charge is 0.396 e. The van der Waals surface area contributed by atoms with Crippen LogP contribution in [0.1, 0.15) is 32.6 Å². The molecular formula is C10H20N2O2. The second kappa shape index (κ2) is 5.32. The molecule has 82 valence electrons. The normalized spacial score (nSPS) is 25.1. The van der Waals surface area contributed by atoms with Gasteiger partial charge in [0, 0.05) is 12.6 Å². The van der Waals surface area contributed by atoms with Crippen molar-refractivity contribution in [1.82, 2.24) is 4.90 Å². The molecule has 1 rings (SSSR count). The van der Waals surface area contributed by atoms with E-state index in [1.54, 1.807) is 0 Å². The van der Waals surface area contributed by atoms with Crippen molar-refractivity contribution >= 4 is 5.91 Å². The third-order valence-corrected chi connectivity index (χ3v) is 3.03. The molecule has 0 aromatic heterocycles. The summed E-state index contributed by atoms with van der Waals surface area (Å²) in [5, 5.41) is 8.75. The predicted octanol–water partition coefficient (Wildman–Crippen LogP) is 0.0971. The lowest BCUT2D eigenvalue weighted by atomic mass is 10.1. The molecule has 0 aromatic carbocycles. The average Bonchev–Trinajstić information content (AvgIpc) is 2.61. The summed E-state index contributed by atoms with van der Waals surface area (Å²) in [4.78, 5) is 13.2. The van der Waals surface area contributed by atoms with Crippen LogP contribution in [-0.4, -0.2) is 41.1 Å². The van der Waals surface area contributed by atoms with Crippen molar-refractivity contribution in [2.45, 2.75) is 44.7 Å². The van der Waals surface area contributed by atoms with Crippen LogP contribution in [0.4, 0.5) is 0 Å². The second-order valence-corrected chi connectivity index (χ2v) is 3.98. The molecule has 0 saturated carbocycles. The molecule has 4 nitrogen and oxygen atoms in total. The lowest BCUT2D eigenvalue weighted by molar-refractivity contribution is -0.123. The van der Waals surface area contributed by atoms with Crippen LogP contribution < -0.4 is 5.73 Å². The Balaban J connectivity index is 2.46. The van der Waals surface area contributed by atoms with Gasteiger partial charge in [0.05, 0.1) is 6.04 Å². The highest BCUT2D eigenvalue weighted by Crippen LogP contribution is 2.23. The third-order valence-electron chi connectivity index (χ3n) is 3.03. The van der Waals surface area contributed by atoms with Gasteiger partial charge in [0.15, 0.2) is 0 Å². The first-order valence-corrected chi connectivity index (χ1v) is 5.32. The Kier molecular flexibility index (Phi) is 4.35. The topological polar surface area (TPSA) is 66.6 Å². The summed E-state index contributed by atoms with van der Waals surface area (Å²) in [5.74, 6) is -0.249. The lowest BCUT2D eigenvalue weighted by Gasteiger charge is -2.28. The zero-order valence-electron chi connectivity index (χ0n) is 8.78. The van der Waals surface area contributed by atoms with E-state index in [1.165, 1.54) is 0 Å². The van der Waals surface area contributed by atoms with Crippen molar-refractivity contribution < 1.29 is 9.90 Å². The molecule has 1 aliphatic heterocycles. The molecular weight excluding hydrogens is 180 g/mol. The van der Waals surface area contributed by atoms with Gasteiger partial charge in [-0.2, -0.15) is 0 Å². The van der Waals surface area contributed by atoms with E-state index in [9.17, 15) is 4.79 Å². The van der Waals surface area contributed by atoms with Crippen LogP contribution in [0.2, 0.25) is 0 Å². The zero-order chi connectivity index (χ0) is 10.6. The van der Waals surface area contributed by atoms with Gasteiger partial charge in [0.25, 0.3) is 0 Å². The summed E-state index contributed by atoms with van der Waals surface area (Å²) in [6, 6.07) is 0.269. The summed E-state index contributed by atoms with van der Waals surface area (Å²) in [6.07, 6.45) is 4.03. The maximum Gasteiger partial charge on any atom is 0.234 e. The Morgan fingerprint density at radius 1 is 1.71 bits per heavy atom. The Morgan fingerprint density at radius 3 is 3.00 bits per heavy atom. The van der Waals surface area contributed by atoms with Gasteiger partial charge in [-0.15, -0.1) is 0 Å². The fraction of sp³-hybridized carbons (Fsp3) is 0.900. The van der Waals surface area contributed by atoms with E-state index in [4.69, 9.17) is 10.8 Å². The van der Waals surface area contributed by atoms with Gasteiger partial charge < -0.3 is 10.8 Å². The highest BCUT2D eigenvalue weighted by molar-refractivity contribution is 5.79. The molecule has 1 heterocycles. The number of carbonyl (C=O) groups excluding carboxylic acids is 1. The minimum absolute atomic E-state index is 0.166. The highest BCUT2D eigenvalue weighted by atomic mass is 16.2. The van der Waals surface area contributed by atoms with E-state index in [0.29, 0.717) is 6.04 Å². The molecule has 4 heteroatoms.